The highest BCUT2D eigenvalue weighted by Crippen LogP contribution is 2.33. The van der Waals surface area contributed by atoms with E-state index in [9.17, 15) is 9.59 Å². The summed E-state index contributed by atoms with van der Waals surface area (Å²) < 4.78 is 12.3. The Morgan fingerprint density at radius 1 is 1.23 bits per heavy atom. The normalized spacial score (nSPS) is 10.5. The number of carbonyl (C=O) groups is 2. The number of carboxylic acids is 1. The van der Waals surface area contributed by atoms with E-state index in [1.165, 1.54) is 0 Å². The van der Waals surface area contributed by atoms with Gasteiger partial charge in [-0.15, -0.1) is 0 Å². The molecule has 1 amide bonds. The molecule has 0 bridgehead atoms. The monoisotopic (exact) mass is 306 g/mol. The Morgan fingerprint density at radius 2 is 1.95 bits per heavy atom. The lowest BCUT2D eigenvalue weighted by Crippen LogP contribution is -2.27. The van der Waals surface area contributed by atoms with Gasteiger partial charge in [0, 0.05) is 31.1 Å². The van der Waals surface area contributed by atoms with Crippen molar-refractivity contribution >= 4 is 22.8 Å². The van der Waals surface area contributed by atoms with Gasteiger partial charge >= 0.3 is 5.97 Å². The Labute approximate surface area is 127 Å². The number of fused-ring (bicyclic) bond motifs is 1. The lowest BCUT2D eigenvalue weighted by Gasteiger charge is -2.07. The van der Waals surface area contributed by atoms with Gasteiger partial charge in [0.1, 0.15) is 17.2 Å². The summed E-state index contributed by atoms with van der Waals surface area (Å²) in [4.78, 5) is 22.7. The van der Waals surface area contributed by atoms with Crippen LogP contribution in [0.1, 0.15) is 16.9 Å². The van der Waals surface area contributed by atoms with Crippen LogP contribution < -0.4 is 14.8 Å². The van der Waals surface area contributed by atoms with Gasteiger partial charge in [-0.25, -0.2) is 0 Å². The Morgan fingerprint density at radius 3 is 2.55 bits per heavy atom. The molecule has 7 nitrogen and oxygen atoms in total. The number of hydrogen-bond donors (Lipinski definition) is 2. The standard InChI is InChI=1S/C15H18N2O5/c1-17-11-6-9(21-2)7-13(22-3)10(11)8-12(17)15(20)16-5-4-14(18)19/h6-8H,4-5H2,1-3H3,(H,16,20)(H,18,19). The molecule has 0 unspecified atom stereocenters. The van der Waals surface area contributed by atoms with Crippen LogP contribution in [-0.4, -0.2) is 42.3 Å². The molecule has 0 radical (unpaired) electrons. The summed E-state index contributed by atoms with van der Waals surface area (Å²) in [6, 6.07) is 5.27. The van der Waals surface area contributed by atoms with Crippen molar-refractivity contribution in [3.63, 3.8) is 0 Å². The minimum Gasteiger partial charge on any atom is -0.497 e. The van der Waals surface area contributed by atoms with E-state index in [1.54, 1.807) is 38.0 Å². The number of aryl methyl sites for hydroxylation is 1. The maximum Gasteiger partial charge on any atom is 0.305 e. The molecule has 0 atom stereocenters. The first-order chi connectivity index (χ1) is 10.5. The maximum absolute atomic E-state index is 12.2. The molecule has 118 valence electrons. The Bertz CT molecular complexity index is 720. The lowest BCUT2D eigenvalue weighted by molar-refractivity contribution is -0.136. The van der Waals surface area contributed by atoms with Gasteiger partial charge in [-0.3, -0.25) is 9.59 Å². The van der Waals surface area contributed by atoms with Crippen LogP contribution in [0.15, 0.2) is 18.2 Å². The van der Waals surface area contributed by atoms with E-state index in [2.05, 4.69) is 5.32 Å². The number of hydrogen-bond acceptors (Lipinski definition) is 4. The predicted molar refractivity (Wildman–Crippen MR) is 80.6 cm³/mol. The van der Waals surface area contributed by atoms with Gasteiger partial charge in [-0.05, 0) is 6.07 Å². The number of benzene rings is 1. The molecule has 0 saturated heterocycles. The zero-order chi connectivity index (χ0) is 16.3. The van der Waals surface area contributed by atoms with Crippen LogP contribution in [0.4, 0.5) is 0 Å². The fourth-order valence-electron chi connectivity index (χ4n) is 2.25. The van der Waals surface area contributed by atoms with Gasteiger partial charge in [0.05, 0.1) is 26.2 Å². The number of aliphatic carboxylic acids is 1. The molecule has 0 aliphatic carbocycles. The number of aromatic nitrogens is 1. The zero-order valence-electron chi connectivity index (χ0n) is 12.7. The van der Waals surface area contributed by atoms with Crippen molar-refractivity contribution in [1.82, 2.24) is 9.88 Å². The molecule has 7 heteroatoms. The van der Waals surface area contributed by atoms with Crippen molar-refractivity contribution in [2.75, 3.05) is 20.8 Å². The SMILES string of the molecule is COc1cc(OC)c2cc(C(=O)NCCC(=O)O)n(C)c2c1. The quantitative estimate of drug-likeness (QED) is 0.842. The first kappa shape index (κ1) is 15.7. The third kappa shape index (κ3) is 2.98. The lowest BCUT2D eigenvalue weighted by atomic mass is 10.2. The van der Waals surface area contributed by atoms with Crippen LogP contribution >= 0.6 is 0 Å². The molecule has 22 heavy (non-hydrogen) atoms. The largest absolute Gasteiger partial charge is 0.497 e. The average Bonchev–Trinajstić information content (AvgIpc) is 2.83. The van der Waals surface area contributed by atoms with Gasteiger partial charge in [0.2, 0.25) is 0 Å². The molecule has 2 N–H and O–H groups in total. The summed E-state index contributed by atoms with van der Waals surface area (Å²) in [6.45, 7) is 0.0795. The summed E-state index contributed by atoms with van der Waals surface area (Å²) in [5.41, 5.74) is 1.21. The van der Waals surface area contributed by atoms with Crippen molar-refractivity contribution in [2.45, 2.75) is 6.42 Å². The van der Waals surface area contributed by atoms with E-state index in [4.69, 9.17) is 14.6 Å². The van der Waals surface area contributed by atoms with E-state index < -0.39 is 5.97 Å². The van der Waals surface area contributed by atoms with Crippen LogP contribution in [0, 0.1) is 0 Å². The summed E-state index contributed by atoms with van der Waals surface area (Å²) in [6.07, 6.45) is -0.118. The molecule has 2 aromatic rings. The van der Waals surface area contributed by atoms with E-state index in [0.29, 0.717) is 17.2 Å². The molecular formula is C15H18N2O5. The van der Waals surface area contributed by atoms with E-state index >= 15 is 0 Å². The topological polar surface area (TPSA) is 89.8 Å². The number of ether oxygens (including phenoxy) is 2. The van der Waals surface area contributed by atoms with Crippen molar-refractivity contribution < 1.29 is 24.2 Å². The minimum absolute atomic E-state index is 0.0795. The predicted octanol–water partition coefficient (Wildman–Crippen LogP) is 1.40. The molecule has 1 aromatic heterocycles. The highest BCUT2D eigenvalue weighted by Gasteiger charge is 2.17. The van der Waals surface area contributed by atoms with Gasteiger partial charge in [0.15, 0.2) is 0 Å². The van der Waals surface area contributed by atoms with Crippen LogP contribution in [-0.2, 0) is 11.8 Å². The number of nitrogens with zero attached hydrogens (tertiary/aromatic N) is 1. The first-order valence-corrected chi connectivity index (χ1v) is 6.69. The van der Waals surface area contributed by atoms with Gasteiger partial charge < -0.3 is 24.5 Å². The highest BCUT2D eigenvalue weighted by molar-refractivity contribution is 6.00. The average molecular weight is 306 g/mol. The molecule has 0 spiro atoms. The van der Waals surface area contributed by atoms with E-state index in [-0.39, 0.29) is 18.9 Å². The van der Waals surface area contributed by atoms with Gasteiger partial charge in [-0.1, -0.05) is 0 Å². The van der Waals surface area contributed by atoms with Crippen LogP contribution in [0.5, 0.6) is 11.5 Å². The summed E-state index contributed by atoms with van der Waals surface area (Å²) >= 11 is 0. The minimum atomic E-state index is -0.955. The summed E-state index contributed by atoms with van der Waals surface area (Å²) in [5, 5.41) is 12.0. The Hall–Kier alpha value is -2.70. The molecule has 1 aromatic carbocycles. The van der Waals surface area contributed by atoms with Crippen molar-refractivity contribution in [3.8, 4) is 11.5 Å². The molecule has 0 aliphatic heterocycles. The first-order valence-electron chi connectivity index (χ1n) is 6.69. The highest BCUT2D eigenvalue weighted by atomic mass is 16.5. The second-order valence-corrected chi connectivity index (χ2v) is 4.75. The molecule has 0 aliphatic rings. The third-order valence-corrected chi connectivity index (χ3v) is 3.41. The third-order valence-electron chi connectivity index (χ3n) is 3.41. The molecule has 0 fully saturated rings. The number of amides is 1. The fraction of sp³-hybridized carbons (Fsp3) is 0.333. The molecule has 2 rings (SSSR count). The van der Waals surface area contributed by atoms with Crippen LogP contribution in [0.25, 0.3) is 10.9 Å². The molecule has 1 heterocycles. The fourth-order valence-corrected chi connectivity index (χ4v) is 2.25. The second kappa shape index (κ2) is 6.38. The summed E-state index contributed by atoms with van der Waals surface area (Å²) in [5.74, 6) is -0.0531. The van der Waals surface area contributed by atoms with Gasteiger partial charge in [0.25, 0.3) is 5.91 Å². The van der Waals surface area contributed by atoms with Crippen molar-refractivity contribution in [3.05, 3.63) is 23.9 Å². The second-order valence-electron chi connectivity index (χ2n) is 4.75. The Balaban J connectivity index is 2.37. The maximum atomic E-state index is 12.2. The van der Waals surface area contributed by atoms with Crippen molar-refractivity contribution in [1.29, 1.82) is 0 Å². The van der Waals surface area contributed by atoms with Gasteiger partial charge in [-0.2, -0.15) is 0 Å². The number of carbonyl (C=O) groups excluding carboxylic acids is 1. The molecular weight excluding hydrogens is 288 g/mol. The van der Waals surface area contributed by atoms with Crippen LogP contribution in [0.2, 0.25) is 0 Å². The number of carboxylic acid groups (broad SMARTS) is 1. The number of nitrogens with one attached hydrogen (secondary N) is 1. The van der Waals surface area contributed by atoms with E-state index in [1.807, 2.05) is 6.07 Å². The van der Waals surface area contributed by atoms with Crippen LogP contribution in [0.3, 0.4) is 0 Å². The zero-order valence-corrected chi connectivity index (χ0v) is 12.7. The molecule has 0 saturated carbocycles. The van der Waals surface area contributed by atoms with E-state index in [0.717, 1.165) is 10.9 Å². The number of rotatable bonds is 6. The number of methoxy groups -OCH3 is 2. The van der Waals surface area contributed by atoms with Crippen molar-refractivity contribution in [2.24, 2.45) is 7.05 Å². The smallest absolute Gasteiger partial charge is 0.305 e. The summed E-state index contributed by atoms with van der Waals surface area (Å²) in [7, 11) is 4.87. The Kier molecular flexibility index (Phi) is 4.55.